The number of aromatic nitrogens is 1. The minimum absolute atomic E-state index is 0.182. The van der Waals surface area contributed by atoms with E-state index in [-0.39, 0.29) is 25.3 Å². The van der Waals surface area contributed by atoms with Crippen LogP contribution in [0.25, 0.3) is 0 Å². The minimum Gasteiger partial charge on any atom is -0.370 e. The molecule has 0 fully saturated rings. The van der Waals surface area contributed by atoms with Crippen molar-refractivity contribution >= 4 is 29.6 Å². The van der Waals surface area contributed by atoms with Crippen LogP contribution in [0.4, 0.5) is 0 Å². The molecule has 0 aliphatic carbocycles. The van der Waals surface area contributed by atoms with Crippen molar-refractivity contribution in [1.29, 1.82) is 5.41 Å². The van der Waals surface area contributed by atoms with Gasteiger partial charge in [-0.3, -0.25) is 29.6 Å². The van der Waals surface area contributed by atoms with E-state index in [2.05, 4.69) is 31.6 Å². The van der Waals surface area contributed by atoms with Crippen LogP contribution in [-0.2, 0) is 38.6 Å². The van der Waals surface area contributed by atoms with Gasteiger partial charge in [-0.2, -0.15) is 0 Å². The number of rotatable bonds is 20. The monoisotopic (exact) mass is 671 g/mol. The second kappa shape index (κ2) is 20.8. The lowest BCUT2D eigenvalue weighted by Crippen LogP contribution is -2.58. The highest BCUT2D eigenvalue weighted by molar-refractivity contribution is 5.95. The molecule has 0 saturated carbocycles. The van der Waals surface area contributed by atoms with E-state index in [1.807, 2.05) is 67.6 Å². The van der Waals surface area contributed by atoms with Crippen molar-refractivity contribution in [3.8, 4) is 0 Å². The number of benzene rings is 2. The topological polar surface area (TPSA) is 217 Å². The zero-order valence-corrected chi connectivity index (χ0v) is 28.0. The number of nitrogens with zero attached hydrogens (tertiary/aromatic N) is 1. The van der Waals surface area contributed by atoms with Crippen LogP contribution in [-0.4, -0.2) is 65.3 Å². The first-order chi connectivity index (χ1) is 23.7. The minimum atomic E-state index is -1.01. The number of carbonyl (C=O) groups is 4. The Hall–Kier alpha value is -5.30. The standard InChI is InChI=1S/C36H49N9O4/c1-2-3-15-30(34(48)43-29(16-10-19-41-36(38)39)33(47)42-24-27-17-20-40-21-18-27)44-35(49)31(23-26-13-8-5-9-14-26)45-32(46)28(37)22-25-11-6-4-7-12-25/h4-9,11-14,17-18,20-21,28-31H,2-3,10,15-16,19,22-24,37H2,1H3,(H,42,47)(H,43,48)(H,44,49)(H,45,46)(H4,38,39,41)/t28-,29-,30-,31-/m1/s1. The highest BCUT2D eigenvalue weighted by Gasteiger charge is 2.30. The number of hydrogen-bond donors (Lipinski definition) is 8. The summed E-state index contributed by atoms with van der Waals surface area (Å²) in [7, 11) is 0. The number of carbonyl (C=O) groups excluding carboxylic acids is 4. The van der Waals surface area contributed by atoms with Crippen molar-refractivity contribution in [2.75, 3.05) is 6.54 Å². The lowest BCUT2D eigenvalue weighted by atomic mass is 10.0. The summed E-state index contributed by atoms with van der Waals surface area (Å²) in [5, 5.41) is 21.4. The molecular weight excluding hydrogens is 622 g/mol. The Bertz CT molecular complexity index is 1480. The van der Waals surface area contributed by atoms with Crippen LogP contribution in [0.15, 0.2) is 85.2 Å². The molecule has 0 radical (unpaired) electrons. The summed E-state index contributed by atoms with van der Waals surface area (Å²) in [6.45, 7) is 2.55. The van der Waals surface area contributed by atoms with Crippen molar-refractivity contribution in [1.82, 2.24) is 31.6 Å². The van der Waals surface area contributed by atoms with E-state index in [9.17, 15) is 19.2 Å². The SMILES string of the molecule is CCCC[C@@H](NC(=O)[C@@H](Cc1ccccc1)NC(=O)[C@H](N)Cc1ccccc1)C(=O)N[C@H](CCCNC(=N)N)C(=O)NCc1ccncc1. The number of nitrogens with one attached hydrogen (secondary N) is 6. The predicted molar refractivity (Wildman–Crippen MR) is 189 cm³/mol. The van der Waals surface area contributed by atoms with Gasteiger partial charge in [0.1, 0.15) is 18.1 Å². The van der Waals surface area contributed by atoms with E-state index < -0.39 is 47.8 Å². The molecule has 49 heavy (non-hydrogen) atoms. The van der Waals surface area contributed by atoms with Crippen LogP contribution in [0.2, 0.25) is 0 Å². The Morgan fingerprint density at radius 3 is 1.80 bits per heavy atom. The third kappa shape index (κ3) is 14.2. The smallest absolute Gasteiger partial charge is 0.243 e. The van der Waals surface area contributed by atoms with Crippen molar-refractivity contribution in [2.24, 2.45) is 11.5 Å². The second-order valence-corrected chi connectivity index (χ2v) is 11.9. The van der Waals surface area contributed by atoms with E-state index in [1.54, 1.807) is 24.5 Å². The predicted octanol–water partition coefficient (Wildman–Crippen LogP) is 1.42. The Morgan fingerprint density at radius 1 is 0.673 bits per heavy atom. The van der Waals surface area contributed by atoms with Crippen molar-refractivity contribution in [2.45, 2.75) is 82.6 Å². The molecule has 3 rings (SSSR count). The van der Waals surface area contributed by atoms with Gasteiger partial charge in [0.2, 0.25) is 23.6 Å². The summed E-state index contributed by atoms with van der Waals surface area (Å²) in [5.41, 5.74) is 14.2. The quantitative estimate of drug-likeness (QED) is 0.0498. The summed E-state index contributed by atoms with van der Waals surface area (Å²) in [6.07, 6.45) is 6.15. The van der Waals surface area contributed by atoms with Gasteiger partial charge in [0.25, 0.3) is 0 Å². The Morgan fingerprint density at radius 2 is 1.20 bits per heavy atom. The third-order valence-corrected chi connectivity index (χ3v) is 7.86. The van der Waals surface area contributed by atoms with E-state index >= 15 is 0 Å². The molecule has 2 aromatic carbocycles. The lowest BCUT2D eigenvalue weighted by Gasteiger charge is -2.26. The largest absolute Gasteiger partial charge is 0.370 e. The molecule has 0 spiro atoms. The zero-order chi connectivity index (χ0) is 35.4. The number of hydrogen-bond acceptors (Lipinski definition) is 7. The molecule has 1 heterocycles. The molecule has 4 amide bonds. The summed E-state index contributed by atoms with van der Waals surface area (Å²) in [6, 6.07) is 18.4. The molecule has 1 aromatic heterocycles. The van der Waals surface area contributed by atoms with Crippen molar-refractivity contribution < 1.29 is 19.2 Å². The van der Waals surface area contributed by atoms with Crippen molar-refractivity contribution in [3.63, 3.8) is 0 Å². The van der Waals surface area contributed by atoms with E-state index in [4.69, 9.17) is 16.9 Å². The Balaban J connectivity index is 1.74. The molecule has 0 saturated heterocycles. The van der Waals surface area contributed by atoms with Gasteiger partial charge < -0.3 is 38.1 Å². The molecule has 4 atom stereocenters. The van der Waals surface area contributed by atoms with E-state index in [0.717, 1.165) is 23.1 Å². The highest BCUT2D eigenvalue weighted by Crippen LogP contribution is 2.09. The van der Waals surface area contributed by atoms with E-state index in [1.165, 1.54) is 0 Å². The Kier molecular flexibility index (Phi) is 16.2. The fourth-order valence-corrected chi connectivity index (χ4v) is 5.13. The first-order valence-corrected chi connectivity index (χ1v) is 16.6. The fraction of sp³-hybridized carbons (Fsp3) is 0.389. The van der Waals surface area contributed by atoms with Gasteiger partial charge in [0.15, 0.2) is 5.96 Å². The average Bonchev–Trinajstić information content (AvgIpc) is 3.10. The summed E-state index contributed by atoms with van der Waals surface area (Å²) >= 11 is 0. The number of amides is 4. The van der Waals surface area contributed by atoms with Gasteiger partial charge in [0, 0.05) is 31.9 Å². The maximum absolute atomic E-state index is 13.8. The normalized spacial score (nSPS) is 13.2. The summed E-state index contributed by atoms with van der Waals surface area (Å²) in [4.78, 5) is 58.1. The molecule has 262 valence electrons. The highest BCUT2D eigenvalue weighted by atomic mass is 16.2. The van der Waals surface area contributed by atoms with Crippen LogP contribution >= 0.6 is 0 Å². The number of nitrogens with two attached hydrogens (primary N) is 2. The molecule has 13 heteroatoms. The van der Waals surface area contributed by atoms with Crippen LogP contribution in [0.1, 0.15) is 55.7 Å². The molecule has 0 aliphatic rings. The first kappa shape index (κ1) is 38.2. The molecule has 13 nitrogen and oxygen atoms in total. The first-order valence-electron chi connectivity index (χ1n) is 16.6. The van der Waals surface area contributed by atoms with Crippen LogP contribution in [0.3, 0.4) is 0 Å². The second-order valence-electron chi connectivity index (χ2n) is 11.9. The van der Waals surface area contributed by atoms with Gasteiger partial charge in [-0.1, -0.05) is 80.4 Å². The molecule has 3 aromatic rings. The molecule has 0 bridgehead atoms. The Labute approximate surface area is 287 Å². The van der Waals surface area contributed by atoms with Gasteiger partial charge in [-0.05, 0) is 54.5 Å². The number of guanidine groups is 1. The van der Waals surface area contributed by atoms with Gasteiger partial charge in [0.05, 0.1) is 6.04 Å². The van der Waals surface area contributed by atoms with Gasteiger partial charge in [-0.15, -0.1) is 0 Å². The maximum Gasteiger partial charge on any atom is 0.243 e. The van der Waals surface area contributed by atoms with Crippen LogP contribution < -0.4 is 38.1 Å². The van der Waals surface area contributed by atoms with Gasteiger partial charge >= 0.3 is 0 Å². The van der Waals surface area contributed by atoms with E-state index in [0.29, 0.717) is 32.2 Å². The summed E-state index contributed by atoms with van der Waals surface area (Å²) in [5.74, 6) is -2.13. The fourth-order valence-electron chi connectivity index (χ4n) is 5.13. The van der Waals surface area contributed by atoms with Crippen molar-refractivity contribution in [3.05, 3.63) is 102 Å². The van der Waals surface area contributed by atoms with Crippen LogP contribution in [0.5, 0.6) is 0 Å². The number of pyridine rings is 1. The van der Waals surface area contributed by atoms with Gasteiger partial charge in [-0.25, -0.2) is 0 Å². The summed E-state index contributed by atoms with van der Waals surface area (Å²) < 4.78 is 0. The number of unbranched alkanes of at least 4 members (excludes halogenated alkanes) is 1. The molecule has 0 unspecified atom stereocenters. The third-order valence-electron chi connectivity index (χ3n) is 7.86. The average molecular weight is 672 g/mol. The molecule has 10 N–H and O–H groups in total. The molecular formula is C36H49N9O4. The van der Waals surface area contributed by atoms with Crippen LogP contribution in [0, 0.1) is 5.41 Å². The zero-order valence-electron chi connectivity index (χ0n) is 28.0. The lowest BCUT2D eigenvalue weighted by molar-refractivity contribution is -0.134. The maximum atomic E-state index is 13.8. The molecule has 0 aliphatic heterocycles.